The van der Waals surface area contributed by atoms with Crippen molar-refractivity contribution in [1.82, 2.24) is 9.21 Å². The van der Waals surface area contributed by atoms with Crippen molar-refractivity contribution in [3.05, 3.63) is 100 Å². The molecule has 0 radical (unpaired) electrons. The molecule has 0 saturated carbocycles. The highest BCUT2D eigenvalue weighted by Crippen LogP contribution is 2.39. The number of carbonyl (C=O) groups is 1. The molecule has 51 heavy (non-hydrogen) atoms. The molecule has 0 N–H and O–H groups in total. The van der Waals surface area contributed by atoms with E-state index in [9.17, 15) is 23.3 Å². The van der Waals surface area contributed by atoms with Gasteiger partial charge in [-0.2, -0.15) is 4.31 Å². The Morgan fingerprint density at radius 1 is 1.02 bits per heavy atom. The van der Waals surface area contributed by atoms with Gasteiger partial charge in [0.15, 0.2) is 6.29 Å². The highest BCUT2D eigenvalue weighted by atomic mass is 32.2. The van der Waals surface area contributed by atoms with E-state index < -0.39 is 51.3 Å². The second-order valence-electron chi connectivity index (χ2n) is 14.1. The van der Waals surface area contributed by atoms with E-state index in [2.05, 4.69) is 0 Å². The molecule has 0 spiro atoms. The van der Waals surface area contributed by atoms with Crippen molar-refractivity contribution >= 4 is 21.8 Å². The van der Waals surface area contributed by atoms with Crippen LogP contribution < -0.4 is 4.74 Å². The fourth-order valence-electron chi connectivity index (χ4n) is 7.01. The maximum atomic E-state index is 14.1. The van der Waals surface area contributed by atoms with E-state index in [0.29, 0.717) is 25.4 Å². The van der Waals surface area contributed by atoms with E-state index in [1.165, 1.54) is 28.6 Å². The van der Waals surface area contributed by atoms with E-state index in [1.807, 2.05) is 68.4 Å². The number of nitro benzene ring substituents is 1. The highest BCUT2D eigenvalue weighted by molar-refractivity contribution is 7.89. The smallest absolute Gasteiger partial charge is 0.412 e. The van der Waals surface area contributed by atoms with E-state index in [-0.39, 0.29) is 42.1 Å². The van der Waals surface area contributed by atoms with E-state index in [0.717, 1.165) is 17.5 Å². The summed E-state index contributed by atoms with van der Waals surface area (Å²) in [6.45, 7) is 8.62. The molecular formula is C37H45N3O10S. The molecule has 274 valence electrons. The minimum Gasteiger partial charge on any atom is -0.489 e. The molecule has 3 aromatic rings. The standard InChI is InChI=1S/C37H45N3O10S/c1-25(2)21-38(51(44,45)30-16-12-28(13-17-30)40(42)43)22-33-32(20-26-10-14-29(15-11-26)47-23-27-8-6-5-7-9-27)39(37(3,4)50-33)36(41)49-34-24-48-35-31(34)18-19-46-35/h5-17,25,31-35H,18-24H2,1-4H3/t31-,32-,33+,34?,35+/m0/s1. The van der Waals surface area contributed by atoms with Crippen molar-refractivity contribution in [3.63, 3.8) is 0 Å². The summed E-state index contributed by atoms with van der Waals surface area (Å²) < 4.78 is 59.5. The van der Waals surface area contributed by atoms with Gasteiger partial charge in [-0.05, 0) is 68.0 Å². The molecule has 3 aliphatic heterocycles. The molecule has 1 amide bonds. The molecule has 3 aromatic carbocycles. The molecule has 3 aliphatic rings. The molecule has 5 atom stereocenters. The minimum absolute atomic E-state index is 0.0564. The van der Waals surface area contributed by atoms with Gasteiger partial charge in [-0.15, -0.1) is 0 Å². The zero-order chi connectivity index (χ0) is 36.3. The predicted octanol–water partition coefficient (Wildman–Crippen LogP) is 5.77. The average molecular weight is 724 g/mol. The largest absolute Gasteiger partial charge is 0.489 e. The van der Waals surface area contributed by atoms with Gasteiger partial charge < -0.3 is 23.7 Å². The number of fused-ring (bicyclic) bond motifs is 1. The maximum absolute atomic E-state index is 14.1. The Morgan fingerprint density at radius 3 is 2.39 bits per heavy atom. The van der Waals surface area contributed by atoms with Gasteiger partial charge in [-0.1, -0.05) is 56.3 Å². The first-order valence-corrected chi connectivity index (χ1v) is 18.7. The number of nitrogens with zero attached hydrogens (tertiary/aromatic N) is 3. The molecule has 0 bridgehead atoms. The fraction of sp³-hybridized carbons (Fsp3) is 0.486. The molecule has 3 heterocycles. The van der Waals surface area contributed by atoms with E-state index in [4.69, 9.17) is 23.7 Å². The van der Waals surface area contributed by atoms with Crippen LogP contribution in [0.2, 0.25) is 0 Å². The first-order valence-electron chi connectivity index (χ1n) is 17.2. The summed E-state index contributed by atoms with van der Waals surface area (Å²) >= 11 is 0. The number of nitro groups is 1. The zero-order valence-electron chi connectivity index (χ0n) is 29.3. The molecule has 0 aromatic heterocycles. The van der Waals surface area contributed by atoms with E-state index >= 15 is 0 Å². The van der Waals surface area contributed by atoms with Crippen molar-refractivity contribution < 1.29 is 41.8 Å². The summed E-state index contributed by atoms with van der Waals surface area (Å²) in [4.78, 5) is 26.3. The summed E-state index contributed by atoms with van der Waals surface area (Å²) in [5, 5.41) is 11.2. The van der Waals surface area contributed by atoms with Crippen molar-refractivity contribution in [3.8, 4) is 5.75 Å². The van der Waals surface area contributed by atoms with Gasteiger partial charge in [-0.25, -0.2) is 13.2 Å². The number of carbonyl (C=O) groups excluding carboxylic acids is 1. The average Bonchev–Trinajstić information content (AvgIpc) is 3.78. The van der Waals surface area contributed by atoms with Crippen LogP contribution in [0.1, 0.15) is 45.2 Å². The van der Waals surface area contributed by atoms with Crippen LogP contribution in [0.25, 0.3) is 0 Å². The topological polar surface area (TPSA) is 147 Å². The van der Waals surface area contributed by atoms with Crippen LogP contribution in [-0.2, 0) is 42.0 Å². The number of non-ortho nitro benzene ring substituents is 1. The number of amides is 1. The van der Waals surface area contributed by atoms with Crippen LogP contribution in [0.4, 0.5) is 10.5 Å². The number of hydrogen-bond acceptors (Lipinski definition) is 10. The van der Waals surface area contributed by atoms with Crippen molar-refractivity contribution in [2.75, 3.05) is 26.3 Å². The number of benzene rings is 3. The zero-order valence-corrected chi connectivity index (χ0v) is 30.1. The first kappa shape index (κ1) is 36.7. The number of rotatable bonds is 13. The third-order valence-corrected chi connectivity index (χ3v) is 11.3. The lowest BCUT2D eigenvalue weighted by molar-refractivity contribution is -0.384. The molecule has 14 heteroatoms. The minimum atomic E-state index is -4.11. The van der Waals surface area contributed by atoms with Crippen molar-refractivity contribution in [1.29, 1.82) is 0 Å². The van der Waals surface area contributed by atoms with Gasteiger partial charge in [0.1, 0.15) is 24.2 Å². The predicted molar refractivity (Wildman–Crippen MR) is 186 cm³/mol. The van der Waals surface area contributed by atoms with Gasteiger partial charge in [0, 0.05) is 25.2 Å². The summed E-state index contributed by atoms with van der Waals surface area (Å²) in [5.74, 6) is 0.566. The van der Waals surface area contributed by atoms with Crippen molar-refractivity contribution in [2.45, 2.75) is 82.3 Å². The third-order valence-electron chi connectivity index (χ3n) is 9.47. The maximum Gasteiger partial charge on any atom is 0.412 e. The molecule has 3 fully saturated rings. The van der Waals surface area contributed by atoms with Crippen LogP contribution in [0.15, 0.2) is 83.8 Å². The summed E-state index contributed by atoms with van der Waals surface area (Å²) in [7, 11) is -4.11. The molecule has 13 nitrogen and oxygen atoms in total. The summed E-state index contributed by atoms with van der Waals surface area (Å²) in [6, 6.07) is 21.7. The normalized spacial score (nSPS) is 24.2. The molecule has 6 rings (SSSR count). The van der Waals surface area contributed by atoms with Crippen LogP contribution in [0.5, 0.6) is 5.75 Å². The fourth-order valence-corrected chi connectivity index (χ4v) is 8.63. The van der Waals surface area contributed by atoms with Crippen molar-refractivity contribution in [2.24, 2.45) is 11.8 Å². The van der Waals surface area contributed by atoms with Gasteiger partial charge in [-0.3, -0.25) is 15.0 Å². The van der Waals surface area contributed by atoms with Crippen LogP contribution in [-0.4, -0.2) is 85.2 Å². The SMILES string of the molecule is CC(C)CN(C[C@H]1OC(C)(C)N(C(=O)OC2CO[C@H]3OCC[C@@H]23)[C@H]1Cc1ccc(OCc2ccccc2)cc1)S(=O)(=O)c1ccc([N+](=O)[O-])cc1. The lowest BCUT2D eigenvalue weighted by Gasteiger charge is -2.34. The second kappa shape index (κ2) is 15.3. The Kier molecular flexibility index (Phi) is 11.0. The quantitative estimate of drug-likeness (QED) is 0.157. The lowest BCUT2D eigenvalue weighted by Crippen LogP contribution is -2.51. The Bertz CT molecular complexity index is 1770. The van der Waals surface area contributed by atoms with E-state index in [1.54, 1.807) is 18.7 Å². The van der Waals surface area contributed by atoms with Crippen LogP contribution in [0.3, 0.4) is 0 Å². The highest BCUT2D eigenvalue weighted by Gasteiger charge is 2.53. The molecule has 0 aliphatic carbocycles. The lowest BCUT2D eigenvalue weighted by atomic mass is 9.99. The first-order chi connectivity index (χ1) is 24.3. The number of hydrogen-bond donors (Lipinski definition) is 0. The van der Waals surface area contributed by atoms with Gasteiger partial charge in [0.2, 0.25) is 10.0 Å². The number of sulfonamides is 1. The van der Waals surface area contributed by atoms with Crippen LogP contribution >= 0.6 is 0 Å². The van der Waals surface area contributed by atoms with Gasteiger partial charge >= 0.3 is 6.09 Å². The van der Waals surface area contributed by atoms with Gasteiger partial charge in [0.25, 0.3) is 5.69 Å². The summed E-state index contributed by atoms with van der Waals surface area (Å²) in [6.07, 6.45) is -1.16. The second-order valence-corrected chi connectivity index (χ2v) is 16.0. The number of ether oxygens (including phenoxy) is 5. The Morgan fingerprint density at radius 2 is 1.73 bits per heavy atom. The Hall–Kier alpha value is -4.08. The van der Waals surface area contributed by atoms with Gasteiger partial charge in [0.05, 0.1) is 41.1 Å². The molecule has 3 saturated heterocycles. The Labute approximate surface area is 298 Å². The molecular weight excluding hydrogens is 678 g/mol. The monoisotopic (exact) mass is 723 g/mol. The van der Waals surface area contributed by atoms with Crippen LogP contribution in [0, 0.1) is 22.0 Å². The third kappa shape index (κ3) is 8.36. The Balaban J connectivity index is 1.27. The summed E-state index contributed by atoms with van der Waals surface area (Å²) in [5.41, 5.74) is 0.565. The molecule has 1 unspecified atom stereocenters.